The number of hydrogen-bond acceptors (Lipinski definition) is 5. The number of nitrogens with zero attached hydrogens (tertiary/aromatic N) is 3. The van der Waals surface area contributed by atoms with Gasteiger partial charge in [0.05, 0.1) is 22.9 Å². The first-order chi connectivity index (χ1) is 9.08. The molecule has 0 bridgehead atoms. The highest BCUT2D eigenvalue weighted by atomic mass is 16.6. The van der Waals surface area contributed by atoms with Crippen LogP contribution in [0.4, 0.5) is 11.4 Å². The Hall–Kier alpha value is -2.50. The van der Waals surface area contributed by atoms with Crippen LogP contribution >= 0.6 is 0 Å². The molecule has 6 heteroatoms. The molecule has 0 aliphatic heterocycles. The summed E-state index contributed by atoms with van der Waals surface area (Å²) in [5, 5.41) is 13.9. The van der Waals surface area contributed by atoms with Gasteiger partial charge in [0.15, 0.2) is 0 Å². The average Bonchev–Trinajstić information content (AvgIpc) is 2.41. The van der Waals surface area contributed by atoms with Gasteiger partial charge in [0.1, 0.15) is 0 Å². The molecule has 1 N–H and O–H groups in total. The maximum atomic E-state index is 10.7. The van der Waals surface area contributed by atoms with Crippen LogP contribution in [0.5, 0.6) is 0 Å². The monoisotopic (exact) mass is 258 g/mol. The maximum absolute atomic E-state index is 10.7. The molecule has 0 fully saturated rings. The molecule has 0 aliphatic rings. The zero-order valence-electron chi connectivity index (χ0n) is 10.7. The molecule has 1 aromatic carbocycles. The molecule has 1 atom stereocenters. The van der Waals surface area contributed by atoms with E-state index in [9.17, 15) is 10.1 Å². The van der Waals surface area contributed by atoms with Crippen molar-refractivity contribution in [3.8, 4) is 0 Å². The lowest BCUT2D eigenvalue weighted by Gasteiger charge is -2.16. The van der Waals surface area contributed by atoms with Gasteiger partial charge < -0.3 is 5.32 Å². The van der Waals surface area contributed by atoms with E-state index in [0.29, 0.717) is 0 Å². The Balaban J connectivity index is 2.18. The number of anilines is 1. The van der Waals surface area contributed by atoms with Crippen molar-refractivity contribution in [2.75, 3.05) is 5.32 Å². The zero-order chi connectivity index (χ0) is 13.8. The van der Waals surface area contributed by atoms with Gasteiger partial charge in [-0.3, -0.25) is 20.1 Å². The smallest absolute Gasteiger partial charge is 0.269 e. The van der Waals surface area contributed by atoms with Gasteiger partial charge in [-0.25, -0.2) is 0 Å². The van der Waals surface area contributed by atoms with Crippen LogP contribution < -0.4 is 5.32 Å². The number of aryl methyl sites for hydroxylation is 1. The third kappa shape index (κ3) is 3.04. The first-order valence-corrected chi connectivity index (χ1v) is 5.85. The summed E-state index contributed by atoms with van der Waals surface area (Å²) in [6.45, 7) is 3.80. The van der Waals surface area contributed by atoms with E-state index in [0.717, 1.165) is 16.9 Å². The number of nitro groups is 1. The summed E-state index contributed by atoms with van der Waals surface area (Å²) in [6, 6.07) is 4.72. The molecule has 0 amide bonds. The summed E-state index contributed by atoms with van der Waals surface area (Å²) in [7, 11) is 0. The van der Waals surface area contributed by atoms with Crippen LogP contribution in [0.25, 0.3) is 0 Å². The molecule has 98 valence electrons. The average molecular weight is 258 g/mol. The van der Waals surface area contributed by atoms with Gasteiger partial charge in [-0.2, -0.15) is 0 Å². The predicted octanol–water partition coefficient (Wildman–Crippen LogP) is 2.87. The van der Waals surface area contributed by atoms with Gasteiger partial charge in [0.25, 0.3) is 5.69 Å². The molecule has 0 radical (unpaired) electrons. The second-order valence-electron chi connectivity index (χ2n) is 4.25. The molecule has 2 aromatic rings. The summed E-state index contributed by atoms with van der Waals surface area (Å²) in [5.41, 5.74) is 2.59. The lowest BCUT2D eigenvalue weighted by Crippen LogP contribution is -2.09. The Labute approximate surface area is 110 Å². The lowest BCUT2D eigenvalue weighted by molar-refractivity contribution is -0.384. The summed E-state index contributed by atoms with van der Waals surface area (Å²) in [6.07, 6.45) is 4.95. The van der Waals surface area contributed by atoms with E-state index in [4.69, 9.17) is 0 Å². The minimum Gasteiger partial charge on any atom is -0.377 e. The SMILES string of the molecule is Cc1cc([N+](=O)[O-])ccc1NC(C)c1cnccn1. The van der Waals surface area contributed by atoms with Crippen LogP contribution in [-0.4, -0.2) is 14.9 Å². The Morgan fingerprint density at radius 1 is 1.37 bits per heavy atom. The molecular weight excluding hydrogens is 244 g/mol. The molecule has 1 aromatic heterocycles. The van der Waals surface area contributed by atoms with Crippen molar-refractivity contribution in [1.82, 2.24) is 9.97 Å². The van der Waals surface area contributed by atoms with Crippen molar-refractivity contribution in [3.05, 3.63) is 58.2 Å². The molecule has 2 rings (SSSR count). The third-order valence-corrected chi connectivity index (χ3v) is 2.82. The summed E-state index contributed by atoms with van der Waals surface area (Å²) in [4.78, 5) is 18.5. The number of hydrogen-bond donors (Lipinski definition) is 1. The normalized spacial score (nSPS) is 11.9. The minimum absolute atomic E-state index is 0.0196. The van der Waals surface area contributed by atoms with Gasteiger partial charge >= 0.3 is 0 Å². The molecule has 0 aliphatic carbocycles. The second kappa shape index (κ2) is 5.43. The van der Waals surface area contributed by atoms with Crippen LogP contribution in [0.3, 0.4) is 0 Å². The standard InChI is InChI=1S/C13H14N4O2/c1-9-7-11(17(18)19)3-4-12(9)16-10(2)13-8-14-5-6-15-13/h3-8,10,16H,1-2H3. The van der Waals surface area contributed by atoms with Crippen molar-refractivity contribution in [2.24, 2.45) is 0 Å². The van der Waals surface area contributed by atoms with E-state index in [-0.39, 0.29) is 11.7 Å². The van der Waals surface area contributed by atoms with E-state index >= 15 is 0 Å². The van der Waals surface area contributed by atoms with Crippen LogP contribution in [0.1, 0.15) is 24.2 Å². The van der Waals surface area contributed by atoms with Crippen molar-refractivity contribution in [1.29, 1.82) is 0 Å². The number of non-ortho nitro benzene ring substituents is 1. The van der Waals surface area contributed by atoms with Crippen LogP contribution in [-0.2, 0) is 0 Å². The topological polar surface area (TPSA) is 81.0 Å². The molecule has 0 spiro atoms. The van der Waals surface area contributed by atoms with E-state index < -0.39 is 4.92 Å². The van der Waals surface area contributed by atoms with Gasteiger partial charge in [-0.05, 0) is 25.5 Å². The minimum atomic E-state index is -0.400. The van der Waals surface area contributed by atoms with Gasteiger partial charge in [0.2, 0.25) is 0 Å². The number of rotatable bonds is 4. The number of benzene rings is 1. The Kier molecular flexibility index (Phi) is 3.70. The highest BCUT2D eigenvalue weighted by Gasteiger charge is 2.11. The zero-order valence-corrected chi connectivity index (χ0v) is 10.7. The maximum Gasteiger partial charge on any atom is 0.269 e. The first kappa shape index (κ1) is 12.9. The molecule has 6 nitrogen and oxygen atoms in total. The Morgan fingerprint density at radius 2 is 2.16 bits per heavy atom. The van der Waals surface area contributed by atoms with Crippen LogP contribution in [0.2, 0.25) is 0 Å². The molecule has 1 unspecified atom stereocenters. The molecule has 19 heavy (non-hydrogen) atoms. The van der Waals surface area contributed by atoms with Gasteiger partial charge in [0, 0.05) is 30.2 Å². The van der Waals surface area contributed by atoms with E-state index in [1.54, 1.807) is 30.7 Å². The molecule has 0 saturated heterocycles. The van der Waals surface area contributed by atoms with Crippen molar-refractivity contribution in [2.45, 2.75) is 19.9 Å². The summed E-state index contributed by atoms with van der Waals surface area (Å²) < 4.78 is 0. The van der Waals surface area contributed by atoms with E-state index in [1.807, 2.05) is 13.8 Å². The molecule has 1 heterocycles. The second-order valence-corrected chi connectivity index (χ2v) is 4.25. The largest absolute Gasteiger partial charge is 0.377 e. The number of aromatic nitrogens is 2. The fourth-order valence-electron chi connectivity index (χ4n) is 1.76. The predicted molar refractivity (Wildman–Crippen MR) is 71.9 cm³/mol. The van der Waals surface area contributed by atoms with E-state index in [2.05, 4.69) is 15.3 Å². The van der Waals surface area contributed by atoms with Crippen LogP contribution in [0.15, 0.2) is 36.8 Å². The lowest BCUT2D eigenvalue weighted by atomic mass is 10.1. The first-order valence-electron chi connectivity index (χ1n) is 5.85. The Bertz CT molecular complexity index is 586. The highest BCUT2D eigenvalue weighted by Crippen LogP contribution is 2.24. The number of nitrogens with one attached hydrogen (secondary N) is 1. The highest BCUT2D eigenvalue weighted by molar-refractivity contribution is 5.56. The van der Waals surface area contributed by atoms with E-state index in [1.165, 1.54) is 6.07 Å². The van der Waals surface area contributed by atoms with Crippen molar-refractivity contribution in [3.63, 3.8) is 0 Å². The molecule has 0 saturated carbocycles. The fraction of sp³-hybridized carbons (Fsp3) is 0.231. The van der Waals surface area contributed by atoms with Crippen molar-refractivity contribution < 1.29 is 4.92 Å². The van der Waals surface area contributed by atoms with Crippen LogP contribution in [0, 0.1) is 17.0 Å². The summed E-state index contributed by atoms with van der Waals surface area (Å²) >= 11 is 0. The van der Waals surface area contributed by atoms with Gasteiger partial charge in [-0.15, -0.1) is 0 Å². The third-order valence-electron chi connectivity index (χ3n) is 2.82. The number of nitro benzene ring substituents is 1. The fourth-order valence-corrected chi connectivity index (χ4v) is 1.76. The Morgan fingerprint density at radius 3 is 2.74 bits per heavy atom. The van der Waals surface area contributed by atoms with Crippen molar-refractivity contribution >= 4 is 11.4 Å². The quantitative estimate of drug-likeness (QED) is 0.673. The van der Waals surface area contributed by atoms with Gasteiger partial charge in [-0.1, -0.05) is 0 Å². The summed E-state index contributed by atoms with van der Waals surface area (Å²) in [5.74, 6) is 0. The molecular formula is C13H14N4O2.